The van der Waals surface area contributed by atoms with Crippen molar-refractivity contribution < 1.29 is 25.2 Å². The van der Waals surface area contributed by atoms with Crippen LogP contribution < -0.4 is 5.73 Å². The standard InChI is InChI=1S/C10H12N4.C2H5NO.Pd/c11-6-10-12-8-13-14(10)7-9-4-2-1-3-5-9;1-2(3)4;/h1-5,8H,6-7,11H2;1H3,(H2,3,4);/p-1. The van der Waals surface area contributed by atoms with Crippen LogP contribution in [0.25, 0.3) is 5.73 Å². The molecule has 1 aromatic heterocycles. The van der Waals surface area contributed by atoms with Crippen molar-refractivity contribution in [2.45, 2.75) is 20.0 Å². The number of nitrogens with one attached hydrogen (secondary N) is 1. The molecule has 1 heterocycles. The molecule has 0 radical (unpaired) electrons. The first kappa shape index (κ1) is 17.5. The minimum atomic E-state index is -0.583. The molecule has 3 N–H and O–H groups in total. The summed E-state index contributed by atoms with van der Waals surface area (Å²) in [6.45, 7) is 2.35. The molecular weight excluding hydrogens is 337 g/mol. The molecule has 0 spiro atoms. The van der Waals surface area contributed by atoms with Crippen LogP contribution in [0.15, 0.2) is 36.7 Å². The van der Waals surface area contributed by atoms with Crippen LogP contribution in [-0.2, 0) is 38.3 Å². The van der Waals surface area contributed by atoms with E-state index in [4.69, 9.17) is 16.3 Å². The van der Waals surface area contributed by atoms with E-state index in [1.807, 2.05) is 22.9 Å². The van der Waals surface area contributed by atoms with Crippen LogP contribution in [0.5, 0.6) is 0 Å². The molecule has 0 aliphatic heterocycles. The van der Waals surface area contributed by atoms with Crippen molar-refractivity contribution in [1.82, 2.24) is 14.8 Å². The molecule has 19 heavy (non-hydrogen) atoms. The molecule has 0 saturated heterocycles. The molecule has 2 aromatic rings. The van der Waals surface area contributed by atoms with Crippen LogP contribution in [-0.4, -0.2) is 20.7 Å². The fourth-order valence-corrected chi connectivity index (χ4v) is 1.33. The maximum atomic E-state index is 9.11. The molecule has 0 atom stereocenters. The van der Waals surface area contributed by atoms with E-state index in [1.54, 1.807) is 0 Å². The van der Waals surface area contributed by atoms with E-state index in [0.717, 1.165) is 12.4 Å². The Morgan fingerprint density at radius 3 is 2.47 bits per heavy atom. The summed E-state index contributed by atoms with van der Waals surface area (Å²) < 4.78 is 1.81. The third-order valence-corrected chi connectivity index (χ3v) is 2.05. The Bertz CT molecular complexity index is 482. The predicted octanol–water partition coefficient (Wildman–Crippen LogP) is 1.37. The first-order valence-corrected chi connectivity index (χ1v) is 5.46. The predicted molar refractivity (Wildman–Crippen MR) is 68.5 cm³/mol. The normalized spacial score (nSPS) is 8.95. The van der Waals surface area contributed by atoms with E-state index in [1.165, 1.54) is 18.8 Å². The van der Waals surface area contributed by atoms with Gasteiger partial charge in [0.25, 0.3) is 0 Å². The number of rotatable bonds is 3. The van der Waals surface area contributed by atoms with Crippen LogP contribution >= 0.6 is 0 Å². The van der Waals surface area contributed by atoms with Crippen molar-refractivity contribution in [3.05, 3.63) is 53.8 Å². The Kier molecular flexibility index (Phi) is 8.63. The second-order valence-electron chi connectivity index (χ2n) is 3.58. The van der Waals surface area contributed by atoms with Gasteiger partial charge in [-0.2, -0.15) is 5.10 Å². The van der Waals surface area contributed by atoms with Crippen LogP contribution in [0, 0.1) is 0 Å². The van der Waals surface area contributed by atoms with Crippen molar-refractivity contribution in [3.63, 3.8) is 0 Å². The molecule has 106 valence electrons. The van der Waals surface area contributed by atoms with Crippen LogP contribution in [0.4, 0.5) is 0 Å². The molecule has 1 amide bonds. The zero-order valence-electron chi connectivity index (χ0n) is 10.5. The quantitative estimate of drug-likeness (QED) is 0.843. The molecule has 7 heteroatoms. The fraction of sp³-hybridized carbons (Fsp3) is 0.250. The topological polar surface area (TPSA) is 97.6 Å². The number of carbonyl (C=O) groups excluding carboxylic acids is 1. The smallest absolute Gasteiger partial charge is 0.140 e. The third-order valence-electron chi connectivity index (χ3n) is 2.05. The molecule has 2 rings (SSSR count). The average Bonchev–Trinajstić information content (AvgIpc) is 2.77. The summed E-state index contributed by atoms with van der Waals surface area (Å²) >= 11 is 0. The molecule has 0 bridgehead atoms. The van der Waals surface area contributed by atoms with Crippen LogP contribution in [0.2, 0.25) is 0 Å². The van der Waals surface area contributed by atoms with Gasteiger partial charge in [-0.1, -0.05) is 30.3 Å². The van der Waals surface area contributed by atoms with E-state index in [0.29, 0.717) is 6.54 Å². The van der Waals surface area contributed by atoms with Gasteiger partial charge in [0.1, 0.15) is 12.2 Å². The minimum Gasteiger partial charge on any atom is -0.668 e. The number of nitrogens with zero attached hydrogens (tertiary/aromatic N) is 3. The summed E-state index contributed by atoms with van der Waals surface area (Å²) in [5, 5.41) is 4.11. The van der Waals surface area contributed by atoms with Gasteiger partial charge < -0.3 is 16.3 Å². The SMILES string of the molecule is CC([NH-])=O.NCc1ncnn1Cc1ccccc1.[Pd]. The van der Waals surface area contributed by atoms with Gasteiger partial charge >= 0.3 is 0 Å². The number of benzene rings is 1. The van der Waals surface area contributed by atoms with Gasteiger partial charge in [-0.15, -0.1) is 0 Å². The third kappa shape index (κ3) is 6.82. The second-order valence-corrected chi connectivity index (χ2v) is 3.58. The van der Waals surface area contributed by atoms with Crippen molar-refractivity contribution >= 4 is 5.91 Å². The average molecular weight is 353 g/mol. The summed E-state index contributed by atoms with van der Waals surface area (Å²) in [4.78, 5) is 13.2. The summed E-state index contributed by atoms with van der Waals surface area (Å²) in [6, 6.07) is 10.1. The number of aromatic nitrogens is 3. The van der Waals surface area contributed by atoms with E-state index < -0.39 is 5.91 Å². The molecular formula is C12H16N5OPd-. The first-order valence-electron chi connectivity index (χ1n) is 5.46. The van der Waals surface area contributed by atoms with Gasteiger partial charge in [-0.05, 0) is 12.5 Å². The fourth-order valence-electron chi connectivity index (χ4n) is 1.33. The molecule has 0 unspecified atom stereocenters. The maximum absolute atomic E-state index is 9.11. The monoisotopic (exact) mass is 352 g/mol. The van der Waals surface area contributed by atoms with Gasteiger partial charge in [0.05, 0.1) is 13.1 Å². The van der Waals surface area contributed by atoms with E-state index in [-0.39, 0.29) is 20.4 Å². The van der Waals surface area contributed by atoms with Crippen LogP contribution in [0.3, 0.4) is 0 Å². The summed E-state index contributed by atoms with van der Waals surface area (Å²) in [7, 11) is 0. The Morgan fingerprint density at radius 1 is 1.37 bits per heavy atom. The van der Waals surface area contributed by atoms with Gasteiger partial charge in [0.15, 0.2) is 0 Å². The van der Waals surface area contributed by atoms with Crippen molar-refractivity contribution in [2.75, 3.05) is 0 Å². The van der Waals surface area contributed by atoms with Crippen molar-refractivity contribution in [2.24, 2.45) is 5.73 Å². The zero-order chi connectivity index (χ0) is 13.4. The number of amides is 1. The summed E-state index contributed by atoms with van der Waals surface area (Å²) in [6.07, 6.45) is 1.53. The number of nitrogens with two attached hydrogens (primary N) is 1. The van der Waals surface area contributed by atoms with Gasteiger partial charge in [-0.3, -0.25) is 0 Å². The largest absolute Gasteiger partial charge is 0.668 e. The minimum absolute atomic E-state index is 0. The Hall–Kier alpha value is -1.55. The Morgan fingerprint density at radius 2 is 1.95 bits per heavy atom. The van der Waals surface area contributed by atoms with E-state index in [2.05, 4.69) is 22.2 Å². The Balaban J connectivity index is 0.000000576. The van der Waals surface area contributed by atoms with E-state index >= 15 is 0 Å². The first-order chi connectivity index (χ1) is 8.63. The Labute approximate surface area is 125 Å². The molecule has 0 fully saturated rings. The van der Waals surface area contributed by atoms with Gasteiger partial charge in [0.2, 0.25) is 0 Å². The van der Waals surface area contributed by atoms with Crippen molar-refractivity contribution in [1.29, 1.82) is 0 Å². The van der Waals surface area contributed by atoms with Crippen LogP contribution in [0.1, 0.15) is 18.3 Å². The number of carbonyl (C=O) groups is 1. The number of hydrogen-bond donors (Lipinski definition) is 1. The molecule has 0 aliphatic carbocycles. The maximum Gasteiger partial charge on any atom is 0.140 e. The summed E-state index contributed by atoms with van der Waals surface area (Å²) in [5.41, 5.74) is 12.7. The van der Waals surface area contributed by atoms with Crippen molar-refractivity contribution in [3.8, 4) is 0 Å². The van der Waals surface area contributed by atoms with Gasteiger partial charge in [-0.25, -0.2) is 9.67 Å². The second kappa shape index (κ2) is 9.39. The van der Waals surface area contributed by atoms with Gasteiger partial charge in [0, 0.05) is 26.3 Å². The summed E-state index contributed by atoms with van der Waals surface area (Å²) in [5.74, 6) is 0.230. The zero-order valence-corrected chi connectivity index (χ0v) is 12.1. The molecule has 6 nitrogen and oxygen atoms in total. The molecule has 1 aromatic carbocycles. The van der Waals surface area contributed by atoms with E-state index in [9.17, 15) is 0 Å². The molecule has 0 aliphatic rings. The molecule has 0 saturated carbocycles. The number of hydrogen-bond acceptors (Lipinski definition) is 4.